The van der Waals surface area contributed by atoms with Gasteiger partial charge in [-0.3, -0.25) is 4.79 Å². The van der Waals surface area contributed by atoms with Crippen LogP contribution in [0.3, 0.4) is 0 Å². The van der Waals surface area contributed by atoms with Crippen molar-refractivity contribution in [1.29, 1.82) is 0 Å². The van der Waals surface area contributed by atoms with Crippen molar-refractivity contribution in [2.75, 3.05) is 0 Å². The number of rotatable bonds is 2. The topological polar surface area (TPSA) is 37.3 Å². The largest absolute Gasteiger partial charge is 0.481 e. The summed E-state index contributed by atoms with van der Waals surface area (Å²) in [5.41, 5.74) is 1.29. The molecule has 1 N–H and O–H groups in total. The van der Waals surface area contributed by atoms with Crippen molar-refractivity contribution in [3.8, 4) is 0 Å². The van der Waals surface area contributed by atoms with Crippen LogP contribution < -0.4 is 0 Å². The van der Waals surface area contributed by atoms with E-state index < -0.39 is 5.97 Å². The van der Waals surface area contributed by atoms with Crippen molar-refractivity contribution in [2.45, 2.75) is 46.0 Å². The first-order valence-electron chi connectivity index (χ1n) is 7.27. The maximum atomic E-state index is 11.5. The molecule has 2 rings (SSSR count). The highest BCUT2D eigenvalue weighted by Crippen LogP contribution is 2.47. The van der Waals surface area contributed by atoms with Crippen molar-refractivity contribution in [3.05, 3.63) is 34.9 Å². The molecule has 0 aliphatic heterocycles. The fourth-order valence-electron chi connectivity index (χ4n) is 3.36. The number of hydrogen-bond donors (Lipinski definition) is 1. The van der Waals surface area contributed by atoms with Gasteiger partial charge in [0.1, 0.15) is 0 Å². The van der Waals surface area contributed by atoms with E-state index in [1.54, 1.807) is 0 Å². The van der Waals surface area contributed by atoms with Crippen LogP contribution >= 0.6 is 11.6 Å². The van der Waals surface area contributed by atoms with Gasteiger partial charge in [-0.2, -0.15) is 0 Å². The summed E-state index contributed by atoms with van der Waals surface area (Å²) in [6.45, 7) is 6.73. The first-order chi connectivity index (χ1) is 9.29. The molecular formula is C17H23ClO2. The summed E-state index contributed by atoms with van der Waals surface area (Å²) in [4.78, 5) is 11.5. The van der Waals surface area contributed by atoms with Crippen LogP contribution in [0.25, 0.3) is 0 Å². The van der Waals surface area contributed by atoms with Gasteiger partial charge in [0.05, 0.1) is 5.92 Å². The SMILES string of the molecule is CC(C)(C)C1CCC(C(=O)O)C(c2cccc(Cl)c2)C1. The maximum absolute atomic E-state index is 11.5. The summed E-state index contributed by atoms with van der Waals surface area (Å²) in [6.07, 6.45) is 2.69. The summed E-state index contributed by atoms with van der Waals surface area (Å²) in [7, 11) is 0. The van der Waals surface area contributed by atoms with Crippen LogP contribution in [0.4, 0.5) is 0 Å². The summed E-state index contributed by atoms with van der Waals surface area (Å²) in [5, 5.41) is 10.2. The lowest BCUT2D eigenvalue weighted by Gasteiger charge is -2.40. The van der Waals surface area contributed by atoms with E-state index in [4.69, 9.17) is 11.6 Å². The van der Waals surface area contributed by atoms with E-state index in [0.717, 1.165) is 24.8 Å². The van der Waals surface area contributed by atoms with Crippen LogP contribution in [0.2, 0.25) is 5.02 Å². The Morgan fingerprint density at radius 1 is 1.30 bits per heavy atom. The lowest BCUT2D eigenvalue weighted by atomic mass is 9.64. The molecule has 110 valence electrons. The third kappa shape index (κ3) is 3.35. The molecule has 0 heterocycles. The number of carboxylic acids is 1. The number of hydrogen-bond acceptors (Lipinski definition) is 1. The maximum Gasteiger partial charge on any atom is 0.307 e. The van der Waals surface area contributed by atoms with Gasteiger partial charge in [0.2, 0.25) is 0 Å². The second-order valence-electron chi connectivity index (χ2n) is 6.98. The highest BCUT2D eigenvalue weighted by Gasteiger charge is 2.39. The van der Waals surface area contributed by atoms with Crippen molar-refractivity contribution < 1.29 is 9.90 Å². The van der Waals surface area contributed by atoms with E-state index in [1.807, 2.05) is 24.3 Å². The molecule has 20 heavy (non-hydrogen) atoms. The van der Waals surface area contributed by atoms with Crippen LogP contribution in [0, 0.1) is 17.3 Å². The molecule has 3 unspecified atom stereocenters. The molecule has 0 aromatic heterocycles. The van der Waals surface area contributed by atoms with E-state index >= 15 is 0 Å². The van der Waals surface area contributed by atoms with Crippen LogP contribution in [0.15, 0.2) is 24.3 Å². The molecule has 1 aromatic carbocycles. The molecular weight excluding hydrogens is 272 g/mol. The Hall–Kier alpha value is -1.02. The molecule has 1 aromatic rings. The molecule has 1 saturated carbocycles. The molecule has 3 atom stereocenters. The zero-order valence-electron chi connectivity index (χ0n) is 12.4. The van der Waals surface area contributed by atoms with Crippen LogP contribution in [-0.2, 0) is 4.79 Å². The van der Waals surface area contributed by atoms with Gasteiger partial charge in [-0.15, -0.1) is 0 Å². The van der Waals surface area contributed by atoms with E-state index in [0.29, 0.717) is 10.9 Å². The number of benzene rings is 1. The molecule has 0 amide bonds. The summed E-state index contributed by atoms with van der Waals surface area (Å²) >= 11 is 6.07. The summed E-state index contributed by atoms with van der Waals surface area (Å²) < 4.78 is 0. The Labute approximate surface area is 126 Å². The van der Waals surface area contributed by atoms with Gasteiger partial charge < -0.3 is 5.11 Å². The summed E-state index contributed by atoms with van der Waals surface area (Å²) in [5.74, 6) is -0.333. The number of carboxylic acid groups (broad SMARTS) is 1. The van der Waals surface area contributed by atoms with Crippen molar-refractivity contribution in [3.63, 3.8) is 0 Å². The minimum atomic E-state index is -0.678. The summed E-state index contributed by atoms with van der Waals surface area (Å²) in [6, 6.07) is 7.69. The zero-order valence-corrected chi connectivity index (χ0v) is 13.2. The second kappa shape index (κ2) is 5.77. The fourth-order valence-corrected chi connectivity index (χ4v) is 3.56. The van der Waals surface area contributed by atoms with Gasteiger partial charge in [0, 0.05) is 5.02 Å². The van der Waals surface area contributed by atoms with Gasteiger partial charge in [-0.1, -0.05) is 44.5 Å². The molecule has 0 bridgehead atoms. The molecule has 3 heteroatoms. The average Bonchev–Trinajstić information content (AvgIpc) is 2.37. The first kappa shape index (κ1) is 15.4. The smallest absolute Gasteiger partial charge is 0.307 e. The highest BCUT2D eigenvalue weighted by atomic mass is 35.5. The molecule has 1 aliphatic rings. The predicted molar refractivity (Wildman–Crippen MR) is 82.1 cm³/mol. The fraction of sp³-hybridized carbons (Fsp3) is 0.588. The normalized spacial score (nSPS) is 27.3. The molecule has 0 saturated heterocycles. The predicted octanol–water partition coefficient (Wildman–Crippen LogP) is 4.97. The van der Waals surface area contributed by atoms with E-state index in [2.05, 4.69) is 20.8 Å². The Morgan fingerprint density at radius 2 is 2.00 bits per heavy atom. The molecule has 0 spiro atoms. The Morgan fingerprint density at radius 3 is 2.55 bits per heavy atom. The van der Waals surface area contributed by atoms with Crippen LogP contribution in [0.5, 0.6) is 0 Å². The van der Waals surface area contributed by atoms with E-state index in [-0.39, 0.29) is 17.3 Å². The van der Waals surface area contributed by atoms with E-state index in [1.165, 1.54) is 0 Å². The Balaban J connectivity index is 2.30. The van der Waals surface area contributed by atoms with Gasteiger partial charge in [-0.25, -0.2) is 0 Å². The van der Waals surface area contributed by atoms with Gasteiger partial charge in [0.25, 0.3) is 0 Å². The number of aliphatic carboxylic acids is 1. The van der Waals surface area contributed by atoms with Crippen molar-refractivity contribution in [1.82, 2.24) is 0 Å². The minimum Gasteiger partial charge on any atom is -0.481 e. The highest BCUT2D eigenvalue weighted by molar-refractivity contribution is 6.30. The third-order valence-corrected chi connectivity index (χ3v) is 4.90. The molecule has 0 radical (unpaired) electrons. The lowest BCUT2D eigenvalue weighted by Crippen LogP contribution is -2.34. The van der Waals surface area contributed by atoms with Gasteiger partial charge in [0.15, 0.2) is 0 Å². The number of carbonyl (C=O) groups is 1. The average molecular weight is 295 g/mol. The lowest BCUT2D eigenvalue weighted by molar-refractivity contribution is -0.144. The Kier molecular flexibility index (Phi) is 4.43. The van der Waals surface area contributed by atoms with E-state index in [9.17, 15) is 9.90 Å². The molecule has 2 nitrogen and oxygen atoms in total. The van der Waals surface area contributed by atoms with Crippen LogP contribution in [-0.4, -0.2) is 11.1 Å². The third-order valence-electron chi connectivity index (χ3n) is 4.67. The van der Waals surface area contributed by atoms with Gasteiger partial charge in [-0.05, 0) is 54.2 Å². The first-order valence-corrected chi connectivity index (χ1v) is 7.65. The van der Waals surface area contributed by atoms with Crippen LogP contribution in [0.1, 0.15) is 51.5 Å². The Bertz CT molecular complexity index is 490. The van der Waals surface area contributed by atoms with Crippen molar-refractivity contribution in [2.24, 2.45) is 17.3 Å². The molecule has 1 fully saturated rings. The second-order valence-corrected chi connectivity index (χ2v) is 7.42. The standard InChI is InChI=1S/C17H23ClO2/c1-17(2,3)12-7-8-14(16(19)20)15(10-12)11-5-4-6-13(18)9-11/h4-6,9,12,14-15H,7-8,10H2,1-3H3,(H,19,20). The van der Waals surface area contributed by atoms with Gasteiger partial charge >= 0.3 is 5.97 Å². The quantitative estimate of drug-likeness (QED) is 0.836. The minimum absolute atomic E-state index is 0.0733. The monoisotopic (exact) mass is 294 g/mol. The molecule has 1 aliphatic carbocycles. The van der Waals surface area contributed by atoms with Crippen molar-refractivity contribution >= 4 is 17.6 Å². The zero-order chi connectivity index (χ0) is 14.9. The number of halogens is 1.